The van der Waals surface area contributed by atoms with Crippen molar-refractivity contribution in [1.82, 2.24) is 0 Å². The van der Waals surface area contributed by atoms with Crippen molar-refractivity contribution in [2.75, 3.05) is 11.9 Å². The van der Waals surface area contributed by atoms with Gasteiger partial charge in [0.05, 0.1) is 6.61 Å². The summed E-state index contributed by atoms with van der Waals surface area (Å²) in [5.74, 6) is 0.562. The van der Waals surface area contributed by atoms with Gasteiger partial charge in [0.15, 0.2) is 0 Å². The monoisotopic (exact) mass is 465 g/mol. The quantitative estimate of drug-likeness (QED) is 0.231. The molecule has 0 spiro atoms. The highest BCUT2D eigenvalue weighted by molar-refractivity contribution is 6.32. The van der Waals surface area contributed by atoms with Crippen LogP contribution in [-0.2, 0) is 4.79 Å². The minimum absolute atomic E-state index is 0.216. The molecule has 0 aliphatic carbocycles. The van der Waals surface area contributed by atoms with E-state index >= 15 is 0 Å². The maximum atomic E-state index is 12.5. The third kappa shape index (κ3) is 6.83. The standard InChI is InChI=1S/C27H28ClNO4/c1-17-7-8-18(2)24(14-17)29-27(31)21-9-11-22(12-10-21)33-25(30)6-5-13-32-23-15-19(3)26(28)20(4)16-23/h7-12,14-16H,5-6,13H2,1-4H3,(H,29,31). The summed E-state index contributed by atoms with van der Waals surface area (Å²) in [6, 6.07) is 16.2. The van der Waals surface area contributed by atoms with Gasteiger partial charge in [-0.15, -0.1) is 0 Å². The van der Waals surface area contributed by atoms with Gasteiger partial charge in [0.25, 0.3) is 5.91 Å². The van der Waals surface area contributed by atoms with Gasteiger partial charge in [-0.3, -0.25) is 9.59 Å². The van der Waals surface area contributed by atoms with Crippen LogP contribution in [-0.4, -0.2) is 18.5 Å². The molecule has 0 fully saturated rings. The zero-order chi connectivity index (χ0) is 24.0. The SMILES string of the molecule is Cc1ccc(C)c(NC(=O)c2ccc(OC(=O)CCCOc3cc(C)c(Cl)c(C)c3)cc2)c1. The molecule has 0 aromatic heterocycles. The second kappa shape index (κ2) is 11.0. The first-order valence-corrected chi connectivity index (χ1v) is 11.2. The van der Waals surface area contributed by atoms with Crippen LogP contribution in [0.5, 0.6) is 11.5 Å². The molecular formula is C27H28ClNO4. The number of rotatable bonds is 8. The third-order valence-corrected chi connectivity index (χ3v) is 5.79. The Morgan fingerprint density at radius 2 is 1.52 bits per heavy atom. The molecule has 1 N–H and O–H groups in total. The van der Waals surface area contributed by atoms with Crippen molar-refractivity contribution in [3.05, 3.63) is 87.4 Å². The molecule has 0 aliphatic rings. The van der Waals surface area contributed by atoms with Crippen LogP contribution >= 0.6 is 11.6 Å². The number of anilines is 1. The van der Waals surface area contributed by atoms with Gasteiger partial charge in [-0.1, -0.05) is 23.7 Å². The molecule has 33 heavy (non-hydrogen) atoms. The van der Waals surface area contributed by atoms with Crippen LogP contribution in [0.15, 0.2) is 54.6 Å². The second-order valence-electron chi connectivity index (χ2n) is 8.09. The number of carbonyl (C=O) groups is 2. The molecule has 3 rings (SSSR count). The molecule has 3 aromatic carbocycles. The molecule has 0 unspecified atom stereocenters. The number of carbonyl (C=O) groups excluding carboxylic acids is 2. The van der Waals surface area contributed by atoms with Gasteiger partial charge in [0, 0.05) is 22.7 Å². The molecule has 0 radical (unpaired) electrons. The summed E-state index contributed by atoms with van der Waals surface area (Å²) in [5, 5.41) is 3.65. The van der Waals surface area contributed by atoms with E-state index in [4.69, 9.17) is 21.1 Å². The first-order valence-electron chi connectivity index (χ1n) is 10.8. The van der Waals surface area contributed by atoms with E-state index in [1.807, 2.05) is 58.0 Å². The van der Waals surface area contributed by atoms with Gasteiger partial charge in [0.2, 0.25) is 0 Å². The number of benzene rings is 3. The largest absolute Gasteiger partial charge is 0.494 e. The summed E-state index contributed by atoms with van der Waals surface area (Å²) < 4.78 is 11.1. The van der Waals surface area contributed by atoms with Gasteiger partial charge in [-0.25, -0.2) is 0 Å². The van der Waals surface area contributed by atoms with Crippen molar-refractivity contribution < 1.29 is 19.1 Å². The number of aryl methyl sites for hydroxylation is 4. The molecule has 1 amide bonds. The van der Waals surface area contributed by atoms with Gasteiger partial charge < -0.3 is 14.8 Å². The van der Waals surface area contributed by atoms with E-state index in [-0.39, 0.29) is 18.3 Å². The predicted molar refractivity (Wildman–Crippen MR) is 132 cm³/mol. The molecule has 0 heterocycles. The van der Waals surface area contributed by atoms with Crippen LogP contribution < -0.4 is 14.8 Å². The zero-order valence-corrected chi connectivity index (χ0v) is 20.1. The highest BCUT2D eigenvalue weighted by Gasteiger charge is 2.10. The number of hydrogen-bond donors (Lipinski definition) is 1. The van der Waals surface area contributed by atoms with E-state index in [0.29, 0.717) is 24.3 Å². The number of ether oxygens (including phenoxy) is 2. The van der Waals surface area contributed by atoms with Crippen molar-refractivity contribution in [3.8, 4) is 11.5 Å². The van der Waals surface area contributed by atoms with Crippen LogP contribution in [0.25, 0.3) is 0 Å². The fourth-order valence-corrected chi connectivity index (χ4v) is 3.43. The van der Waals surface area contributed by atoms with Crippen molar-refractivity contribution in [1.29, 1.82) is 0 Å². The number of nitrogens with one attached hydrogen (secondary N) is 1. The van der Waals surface area contributed by atoms with Crippen molar-refractivity contribution in [3.63, 3.8) is 0 Å². The minimum atomic E-state index is -0.352. The Balaban J connectivity index is 1.46. The lowest BCUT2D eigenvalue weighted by molar-refractivity contribution is -0.134. The van der Waals surface area contributed by atoms with E-state index in [1.165, 1.54) is 0 Å². The Labute approximate surface area is 199 Å². The lowest BCUT2D eigenvalue weighted by Gasteiger charge is -2.11. The Bertz CT molecular complexity index is 1130. The molecule has 5 nitrogen and oxygen atoms in total. The molecule has 0 aliphatic heterocycles. The highest BCUT2D eigenvalue weighted by Crippen LogP contribution is 2.26. The van der Waals surface area contributed by atoms with E-state index in [1.54, 1.807) is 24.3 Å². The van der Waals surface area contributed by atoms with Crippen molar-refractivity contribution in [2.24, 2.45) is 0 Å². The summed E-state index contributed by atoms with van der Waals surface area (Å²) in [6.45, 7) is 8.17. The Hall–Kier alpha value is -3.31. The van der Waals surface area contributed by atoms with Crippen LogP contribution in [0.2, 0.25) is 5.02 Å². The number of amides is 1. The molecule has 6 heteroatoms. The second-order valence-corrected chi connectivity index (χ2v) is 8.47. The molecule has 3 aromatic rings. The lowest BCUT2D eigenvalue weighted by Crippen LogP contribution is -2.13. The minimum Gasteiger partial charge on any atom is -0.494 e. The van der Waals surface area contributed by atoms with Gasteiger partial charge in [0.1, 0.15) is 11.5 Å². The molecule has 0 saturated carbocycles. The molecular weight excluding hydrogens is 438 g/mol. The average Bonchev–Trinajstić information content (AvgIpc) is 2.78. The Morgan fingerprint density at radius 3 is 2.18 bits per heavy atom. The van der Waals surface area contributed by atoms with Crippen LogP contribution in [0.1, 0.15) is 45.5 Å². The molecule has 172 valence electrons. The normalized spacial score (nSPS) is 10.6. The molecule has 0 atom stereocenters. The Kier molecular flexibility index (Phi) is 8.12. The summed E-state index contributed by atoms with van der Waals surface area (Å²) in [5.41, 5.74) is 5.24. The van der Waals surface area contributed by atoms with E-state index in [0.717, 1.165) is 38.7 Å². The van der Waals surface area contributed by atoms with E-state index < -0.39 is 0 Å². The maximum absolute atomic E-state index is 12.5. The lowest BCUT2D eigenvalue weighted by atomic mass is 10.1. The highest BCUT2D eigenvalue weighted by atomic mass is 35.5. The predicted octanol–water partition coefficient (Wildman–Crippen LogP) is 6.59. The van der Waals surface area contributed by atoms with Crippen LogP contribution in [0, 0.1) is 27.7 Å². The van der Waals surface area contributed by atoms with Crippen molar-refractivity contribution in [2.45, 2.75) is 40.5 Å². The summed E-state index contributed by atoms with van der Waals surface area (Å²) in [6.07, 6.45) is 0.746. The first kappa shape index (κ1) is 24.3. The first-order chi connectivity index (χ1) is 15.7. The smallest absolute Gasteiger partial charge is 0.311 e. The maximum Gasteiger partial charge on any atom is 0.311 e. The van der Waals surface area contributed by atoms with E-state index in [2.05, 4.69) is 5.32 Å². The number of hydrogen-bond acceptors (Lipinski definition) is 4. The number of halogens is 1. The van der Waals surface area contributed by atoms with Crippen LogP contribution in [0.4, 0.5) is 5.69 Å². The van der Waals surface area contributed by atoms with Gasteiger partial charge in [-0.05, 0) is 98.8 Å². The van der Waals surface area contributed by atoms with Gasteiger partial charge in [-0.2, -0.15) is 0 Å². The molecule has 0 bridgehead atoms. The Morgan fingerprint density at radius 1 is 0.848 bits per heavy atom. The average molecular weight is 466 g/mol. The summed E-state index contributed by atoms with van der Waals surface area (Å²) >= 11 is 6.17. The fourth-order valence-electron chi connectivity index (χ4n) is 3.32. The van der Waals surface area contributed by atoms with Crippen molar-refractivity contribution >= 4 is 29.2 Å². The molecule has 0 saturated heterocycles. The third-order valence-electron chi connectivity index (χ3n) is 5.19. The summed E-state index contributed by atoms with van der Waals surface area (Å²) in [4.78, 5) is 24.7. The van der Waals surface area contributed by atoms with Gasteiger partial charge >= 0.3 is 5.97 Å². The zero-order valence-electron chi connectivity index (χ0n) is 19.3. The summed E-state index contributed by atoms with van der Waals surface area (Å²) in [7, 11) is 0. The van der Waals surface area contributed by atoms with Crippen LogP contribution in [0.3, 0.4) is 0 Å². The fraction of sp³-hybridized carbons (Fsp3) is 0.259. The van der Waals surface area contributed by atoms with E-state index in [9.17, 15) is 9.59 Å². The number of esters is 1. The topological polar surface area (TPSA) is 64.6 Å².